The summed E-state index contributed by atoms with van der Waals surface area (Å²) in [5.41, 5.74) is 1.22. The molecule has 2 fully saturated rings. The number of anilines is 1. The van der Waals surface area contributed by atoms with Crippen molar-refractivity contribution in [2.24, 2.45) is 5.92 Å². The number of carbonyl (C=O) groups excluding carboxylic acids is 1. The normalized spacial score (nSPS) is 19.1. The molecule has 0 bridgehead atoms. The number of hydrogen-bond donors (Lipinski definition) is 0. The van der Waals surface area contributed by atoms with Gasteiger partial charge in [-0.25, -0.2) is 0 Å². The van der Waals surface area contributed by atoms with Crippen molar-refractivity contribution < 1.29 is 4.79 Å². The van der Waals surface area contributed by atoms with E-state index in [0.29, 0.717) is 33.8 Å². The highest BCUT2D eigenvalue weighted by Crippen LogP contribution is 2.36. The molecule has 2 saturated heterocycles. The summed E-state index contributed by atoms with van der Waals surface area (Å²) in [6.07, 6.45) is 1.83. The lowest BCUT2D eigenvalue weighted by atomic mass is 10.0. The van der Waals surface area contributed by atoms with E-state index in [4.69, 9.17) is 12.2 Å². The van der Waals surface area contributed by atoms with Crippen LogP contribution in [-0.2, 0) is 11.3 Å². The van der Waals surface area contributed by atoms with Crippen LogP contribution < -0.4 is 10.5 Å². The Morgan fingerprint density at radius 1 is 1.23 bits per heavy atom. The van der Waals surface area contributed by atoms with Gasteiger partial charge in [-0.15, -0.1) is 0 Å². The van der Waals surface area contributed by atoms with Gasteiger partial charge in [0, 0.05) is 44.8 Å². The van der Waals surface area contributed by atoms with Gasteiger partial charge in [0.05, 0.1) is 4.91 Å². The highest BCUT2D eigenvalue weighted by atomic mass is 32.2. The molecule has 2 aliphatic rings. The van der Waals surface area contributed by atoms with E-state index in [0.717, 1.165) is 37.6 Å². The van der Waals surface area contributed by atoms with E-state index >= 15 is 0 Å². The number of carbonyl (C=O) groups is 1. The molecular formula is C22H29N5O2S2. The Hall–Kier alpha value is -2.15. The third kappa shape index (κ3) is 4.56. The molecule has 0 aliphatic carbocycles. The van der Waals surface area contributed by atoms with Gasteiger partial charge < -0.3 is 9.80 Å². The molecule has 0 radical (unpaired) electrons. The summed E-state index contributed by atoms with van der Waals surface area (Å²) in [4.78, 5) is 32.7. The summed E-state index contributed by atoms with van der Waals surface area (Å²) < 4.78 is 2.21. The first-order chi connectivity index (χ1) is 14.7. The molecule has 1 aromatic heterocycles. The molecule has 166 valence electrons. The number of thioether (sulfide) groups is 1. The first-order valence-corrected chi connectivity index (χ1v) is 11.8. The van der Waals surface area contributed by atoms with Crippen LogP contribution in [0.15, 0.2) is 9.70 Å². The number of amides is 1. The number of rotatable bonds is 5. The Kier molecular flexibility index (Phi) is 7.24. The molecule has 3 heterocycles. The number of thiocarbonyl (C=S) groups is 1. The fraction of sp³-hybridized carbons (Fsp3) is 0.545. The van der Waals surface area contributed by atoms with Crippen LogP contribution in [0.25, 0.3) is 6.08 Å². The number of nitriles is 1. The summed E-state index contributed by atoms with van der Waals surface area (Å²) in [7, 11) is 2.08. The maximum Gasteiger partial charge on any atom is 0.270 e. The van der Waals surface area contributed by atoms with Gasteiger partial charge in [-0.05, 0) is 38.5 Å². The van der Waals surface area contributed by atoms with Crippen LogP contribution in [0, 0.1) is 24.2 Å². The largest absolute Gasteiger partial charge is 0.355 e. The summed E-state index contributed by atoms with van der Waals surface area (Å²) in [5.74, 6) is 0.975. The maximum atomic E-state index is 13.1. The first kappa shape index (κ1) is 23.5. The minimum atomic E-state index is -0.277. The number of piperazine rings is 1. The Morgan fingerprint density at radius 3 is 2.42 bits per heavy atom. The van der Waals surface area contributed by atoms with Crippen molar-refractivity contribution in [3.8, 4) is 6.07 Å². The zero-order chi connectivity index (χ0) is 22.9. The van der Waals surface area contributed by atoms with Crippen LogP contribution >= 0.6 is 24.0 Å². The zero-order valence-electron chi connectivity index (χ0n) is 18.8. The zero-order valence-corrected chi connectivity index (χ0v) is 20.4. The topological polar surface area (TPSA) is 72.6 Å². The lowest BCUT2D eigenvalue weighted by Gasteiger charge is -2.36. The molecule has 0 saturated carbocycles. The Bertz CT molecular complexity index is 1030. The van der Waals surface area contributed by atoms with Gasteiger partial charge >= 0.3 is 0 Å². The monoisotopic (exact) mass is 459 g/mol. The van der Waals surface area contributed by atoms with Crippen LogP contribution in [-0.4, -0.2) is 64.4 Å². The van der Waals surface area contributed by atoms with Crippen LogP contribution in [0.5, 0.6) is 0 Å². The molecule has 0 N–H and O–H groups in total. The average Bonchev–Trinajstić information content (AvgIpc) is 2.98. The van der Waals surface area contributed by atoms with Gasteiger partial charge in [0.2, 0.25) is 0 Å². The average molecular weight is 460 g/mol. The molecule has 31 heavy (non-hydrogen) atoms. The third-order valence-electron chi connectivity index (χ3n) is 5.66. The van der Waals surface area contributed by atoms with E-state index in [-0.39, 0.29) is 17.0 Å². The van der Waals surface area contributed by atoms with Crippen LogP contribution in [0.4, 0.5) is 5.82 Å². The second-order valence-electron chi connectivity index (χ2n) is 8.37. The molecule has 9 heteroatoms. The molecule has 0 unspecified atom stereocenters. The smallest absolute Gasteiger partial charge is 0.270 e. The molecule has 0 atom stereocenters. The molecule has 2 aliphatic heterocycles. The molecule has 1 aromatic rings. The molecular weight excluding hydrogens is 430 g/mol. The number of nitrogens with zero attached hydrogens (tertiary/aromatic N) is 5. The Morgan fingerprint density at radius 2 is 1.87 bits per heavy atom. The van der Waals surface area contributed by atoms with Crippen molar-refractivity contribution in [1.82, 2.24) is 14.4 Å². The maximum absolute atomic E-state index is 13.1. The standard InChI is InChI=1S/C22H29N5O2S2/c1-6-26-19(25-9-7-24(5)8-10-25)16(15(4)17(12-23)20(26)28)11-18-21(29)27(13-14(2)3)22(30)31-18/h11,14H,6-10,13H2,1-5H3/b18-11-. The highest BCUT2D eigenvalue weighted by molar-refractivity contribution is 8.26. The minimum absolute atomic E-state index is 0.111. The number of likely N-dealkylation sites (N-methyl/N-ethyl adjacent to an activating group) is 1. The molecule has 0 aromatic carbocycles. The minimum Gasteiger partial charge on any atom is -0.355 e. The summed E-state index contributed by atoms with van der Waals surface area (Å²) in [6, 6.07) is 2.08. The first-order valence-electron chi connectivity index (χ1n) is 10.6. The Labute approximate surface area is 193 Å². The van der Waals surface area contributed by atoms with Gasteiger partial charge in [-0.1, -0.05) is 37.8 Å². The molecule has 1 amide bonds. The van der Waals surface area contributed by atoms with Gasteiger partial charge in [0.25, 0.3) is 11.5 Å². The number of aromatic nitrogens is 1. The Balaban J connectivity index is 2.18. The van der Waals surface area contributed by atoms with E-state index in [1.807, 2.05) is 26.8 Å². The predicted octanol–water partition coefficient (Wildman–Crippen LogP) is 2.66. The van der Waals surface area contributed by atoms with Crippen LogP contribution in [0.3, 0.4) is 0 Å². The fourth-order valence-electron chi connectivity index (χ4n) is 3.95. The fourth-order valence-corrected chi connectivity index (χ4v) is 5.21. The molecule has 0 spiro atoms. The van der Waals surface area contributed by atoms with Crippen molar-refractivity contribution >= 4 is 46.1 Å². The van der Waals surface area contributed by atoms with Gasteiger partial charge in [-0.3, -0.25) is 19.1 Å². The van der Waals surface area contributed by atoms with Gasteiger partial charge in [0.15, 0.2) is 0 Å². The predicted molar refractivity (Wildman–Crippen MR) is 130 cm³/mol. The number of pyridine rings is 1. The van der Waals surface area contributed by atoms with Crippen molar-refractivity contribution in [1.29, 1.82) is 5.26 Å². The second kappa shape index (κ2) is 9.55. The van der Waals surface area contributed by atoms with E-state index in [9.17, 15) is 14.9 Å². The molecule has 3 rings (SSSR count). The van der Waals surface area contributed by atoms with Gasteiger partial charge in [-0.2, -0.15) is 5.26 Å². The second-order valence-corrected chi connectivity index (χ2v) is 10.1. The highest BCUT2D eigenvalue weighted by Gasteiger charge is 2.33. The lowest BCUT2D eigenvalue weighted by Crippen LogP contribution is -2.47. The van der Waals surface area contributed by atoms with E-state index in [2.05, 4.69) is 22.9 Å². The number of hydrogen-bond acceptors (Lipinski definition) is 7. The van der Waals surface area contributed by atoms with Crippen molar-refractivity contribution in [2.45, 2.75) is 34.2 Å². The summed E-state index contributed by atoms with van der Waals surface area (Å²) in [6.45, 7) is 12.1. The lowest BCUT2D eigenvalue weighted by molar-refractivity contribution is -0.122. The van der Waals surface area contributed by atoms with E-state index < -0.39 is 0 Å². The van der Waals surface area contributed by atoms with Crippen LogP contribution in [0.1, 0.15) is 37.5 Å². The summed E-state index contributed by atoms with van der Waals surface area (Å²) in [5, 5.41) is 9.67. The van der Waals surface area contributed by atoms with E-state index in [1.54, 1.807) is 16.4 Å². The van der Waals surface area contributed by atoms with Crippen molar-refractivity contribution in [3.63, 3.8) is 0 Å². The van der Waals surface area contributed by atoms with Gasteiger partial charge in [0.1, 0.15) is 21.8 Å². The van der Waals surface area contributed by atoms with Crippen molar-refractivity contribution in [3.05, 3.63) is 31.9 Å². The molecule has 7 nitrogen and oxygen atoms in total. The van der Waals surface area contributed by atoms with E-state index in [1.165, 1.54) is 11.8 Å². The SMILES string of the molecule is CCn1c(N2CCN(C)CC2)c(/C=C2\SC(=S)N(CC(C)C)C2=O)c(C)c(C#N)c1=O. The van der Waals surface area contributed by atoms with Crippen molar-refractivity contribution in [2.75, 3.05) is 44.7 Å². The van der Waals surface area contributed by atoms with Crippen LogP contribution in [0.2, 0.25) is 0 Å². The third-order valence-corrected chi connectivity index (χ3v) is 7.04. The summed E-state index contributed by atoms with van der Waals surface area (Å²) >= 11 is 6.74. The quantitative estimate of drug-likeness (QED) is 0.495.